The van der Waals surface area contributed by atoms with E-state index in [-0.39, 0.29) is 11.9 Å². The van der Waals surface area contributed by atoms with Crippen LogP contribution in [0, 0.1) is 0 Å². The first-order chi connectivity index (χ1) is 10.2. The van der Waals surface area contributed by atoms with Gasteiger partial charge in [0.2, 0.25) is 5.91 Å². The average molecular weight is 310 g/mol. The molecule has 0 bridgehead atoms. The lowest BCUT2D eigenvalue weighted by atomic mass is 10.1. The highest BCUT2D eigenvalue weighted by Crippen LogP contribution is 2.27. The third-order valence-corrected chi connectivity index (χ3v) is 4.36. The van der Waals surface area contributed by atoms with Crippen molar-refractivity contribution in [1.82, 2.24) is 10.6 Å². The number of carbonyl (C=O) groups excluding carboxylic acids is 1. The SMILES string of the molecule is COc1ccc(CCCNC(=O)C2CSCN2)cc1OC. The van der Waals surface area contributed by atoms with Crippen molar-refractivity contribution >= 4 is 17.7 Å². The van der Waals surface area contributed by atoms with Gasteiger partial charge in [-0.15, -0.1) is 11.8 Å². The Morgan fingerprint density at radius 3 is 2.86 bits per heavy atom. The predicted octanol–water partition coefficient (Wildman–Crippen LogP) is 1.42. The lowest BCUT2D eigenvalue weighted by Gasteiger charge is -2.11. The average Bonchev–Trinajstić information content (AvgIpc) is 3.05. The van der Waals surface area contributed by atoms with Gasteiger partial charge in [0, 0.05) is 18.2 Å². The summed E-state index contributed by atoms with van der Waals surface area (Å²) in [5.41, 5.74) is 1.18. The predicted molar refractivity (Wildman–Crippen MR) is 85.1 cm³/mol. The van der Waals surface area contributed by atoms with Gasteiger partial charge in [0.05, 0.1) is 20.3 Å². The summed E-state index contributed by atoms with van der Waals surface area (Å²) in [6, 6.07) is 5.89. The molecule has 0 aliphatic carbocycles. The first-order valence-electron chi connectivity index (χ1n) is 7.04. The number of methoxy groups -OCH3 is 2. The highest BCUT2D eigenvalue weighted by Gasteiger charge is 2.21. The van der Waals surface area contributed by atoms with Crippen LogP contribution in [0.4, 0.5) is 0 Å². The number of carbonyl (C=O) groups is 1. The minimum atomic E-state index is -0.0314. The molecule has 6 heteroatoms. The van der Waals surface area contributed by atoms with Crippen molar-refractivity contribution < 1.29 is 14.3 Å². The first kappa shape index (κ1) is 16.0. The summed E-state index contributed by atoms with van der Waals surface area (Å²) in [7, 11) is 3.26. The minimum Gasteiger partial charge on any atom is -0.493 e. The number of aryl methyl sites for hydroxylation is 1. The lowest BCUT2D eigenvalue weighted by molar-refractivity contribution is -0.122. The summed E-state index contributed by atoms with van der Waals surface area (Å²) in [5.74, 6) is 3.31. The van der Waals surface area contributed by atoms with E-state index in [4.69, 9.17) is 9.47 Å². The molecule has 1 heterocycles. The molecule has 1 amide bonds. The van der Waals surface area contributed by atoms with Crippen LogP contribution in [0.2, 0.25) is 0 Å². The summed E-state index contributed by atoms with van der Waals surface area (Å²) in [5, 5.41) is 6.14. The van der Waals surface area contributed by atoms with Gasteiger partial charge in [-0.05, 0) is 30.5 Å². The van der Waals surface area contributed by atoms with E-state index in [9.17, 15) is 4.79 Å². The molecule has 1 aliphatic heterocycles. The van der Waals surface area contributed by atoms with E-state index in [0.717, 1.165) is 36.0 Å². The molecule has 116 valence electrons. The third-order valence-electron chi connectivity index (χ3n) is 3.42. The molecule has 21 heavy (non-hydrogen) atoms. The molecule has 0 aromatic heterocycles. The van der Waals surface area contributed by atoms with E-state index in [1.54, 1.807) is 26.0 Å². The zero-order chi connectivity index (χ0) is 15.1. The van der Waals surface area contributed by atoms with E-state index in [1.807, 2.05) is 18.2 Å². The number of nitrogens with one attached hydrogen (secondary N) is 2. The van der Waals surface area contributed by atoms with E-state index >= 15 is 0 Å². The molecule has 0 spiro atoms. The summed E-state index contributed by atoms with van der Waals surface area (Å²) >= 11 is 1.76. The number of ether oxygens (including phenoxy) is 2. The van der Waals surface area contributed by atoms with Crippen LogP contribution in [0.1, 0.15) is 12.0 Å². The maximum atomic E-state index is 11.8. The summed E-state index contributed by atoms with van der Waals surface area (Å²) in [4.78, 5) is 11.8. The third kappa shape index (κ3) is 4.54. The molecule has 1 aromatic rings. The van der Waals surface area contributed by atoms with E-state index < -0.39 is 0 Å². The summed E-state index contributed by atoms with van der Waals surface area (Å²) in [6.45, 7) is 0.691. The first-order valence-corrected chi connectivity index (χ1v) is 8.20. The minimum absolute atomic E-state index is 0.0314. The van der Waals surface area contributed by atoms with Gasteiger partial charge in [0.15, 0.2) is 11.5 Å². The standard InChI is InChI=1S/C15H22N2O3S/c1-19-13-6-5-11(8-14(13)20-2)4-3-7-16-15(18)12-9-21-10-17-12/h5-6,8,12,17H,3-4,7,9-10H2,1-2H3,(H,16,18). The molecule has 2 N–H and O–H groups in total. The van der Waals surface area contributed by atoms with Crippen molar-refractivity contribution in [1.29, 1.82) is 0 Å². The Hall–Kier alpha value is -1.40. The van der Waals surface area contributed by atoms with Gasteiger partial charge in [0.1, 0.15) is 0 Å². The van der Waals surface area contributed by atoms with Crippen LogP contribution in [0.3, 0.4) is 0 Å². The number of hydrogen-bond donors (Lipinski definition) is 2. The van der Waals surface area contributed by atoms with Gasteiger partial charge in [-0.1, -0.05) is 6.07 Å². The number of thioether (sulfide) groups is 1. The topological polar surface area (TPSA) is 59.6 Å². The van der Waals surface area contributed by atoms with Crippen molar-refractivity contribution in [3.63, 3.8) is 0 Å². The Balaban J connectivity index is 1.74. The van der Waals surface area contributed by atoms with E-state index in [1.165, 1.54) is 5.56 Å². The Kier molecular flexibility index (Phi) is 6.20. The van der Waals surface area contributed by atoms with Crippen LogP contribution < -0.4 is 20.1 Å². The lowest BCUT2D eigenvalue weighted by Crippen LogP contribution is -2.42. The van der Waals surface area contributed by atoms with Gasteiger partial charge in [-0.3, -0.25) is 10.1 Å². The molecule has 5 nitrogen and oxygen atoms in total. The fraction of sp³-hybridized carbons (Fsp3) is 0.533. The number of amides is 1. The number of benzene rings is 1. The second-order valence-electron chi connectivity index (χ2n) is 4.86. The summed E-state index contributed by atoms with van der Waals surface area (Å²) in [6.07, 6.45) is 1.80. The van der Waals surface area contributed by atoms with Gasteiger partial charge < -0.3 is 14.8 Å². The van der Waals surface area contributed by atoms with Crippen LogP contribution >= 0.6 is 11.8 Å². The second-order valence-corrected chi connectivity index (χ2v) is 5.89. The van der Waals surface area contributed by atoms with Crippen molar-refractivity contribution in [3.05, 3.63) is 23.8 Å². The molecule has 1 aliphatic rings. The van der Waals surface area contributed by atoms with E-state index in [0.29, 0.717) is 6.54 Å². The fourth-order valence-corrected chi connectivity index (χ4v) is 3.17. The van der Waals surface area contributed by atoms with Crippen molar-refractivity contribution in [2.24, 2.45) is 0 Å². The molecule has 1 fully saturated rings. The maximum Gasteiger partial charge on any atom is 0.238 e. The molecular weight excluding hydrogens is 288 g/mol. The molecular formula is C15H22N2O3S. The Bertz CT molecular complexity index is 476. The quantitative estimate of drug-likeness (QED) is 0.746. The Labute approximate surface area is 129 Å². The van der Waals surface area contributed by atoms with Gasteiger partial charge in [0.25, 0.3) is 0 Å². The molecule has 1 atom stereocenters. The molecule has 1 saturated heterocycles. The fourth-order valence-electron chi connectivity index (χ4n) is 2.23. The molecule has 0 saturated carbocycles. The van der Waals surface area contributed by atoms with Crippen LogP contribution in [0.5, 0.6) is 11.5 Å². The van der Waals surface area contributed by atoms with Gasteiger partial charge in [-0.25, -0.2) is 0 Å². The highest BCUT2D eigenvalue weighted by molar-refractivity contribution is 7.99. The molecule has 0 radical (unpaired) electrons. The van der Waals surface area contributed by atoms with Crippen LogP contribution in [-0.4, -0.2) is 44.3 Å². The summed E-state index contributed by atoms with van der Waals surface area (Å²) < 4.78 is 10.5. The Morgan fingerprint density at radius 1 is 1.38 bits per heavy atom. The smallest absolute Gasteiger partial charge is 0.238 e. The monoisotopic (exact) mass is 310 g/mol. The van der Waals surface area contributed by atoms with Gasteiger partial charge >= 0.3 is 0 Å². The molecule has 1 unspecified atom stereocenters. The highest BCUT2D eigenvalue weighted by atomic mass is 32.2. The largest absolute Gasteiger partial charge is 0.493 e. The van der Waals surface area contributed by atoms with Crippen molar-refractivity contribution in [3.8, 4) is 11.5 Å². The normalized spacial score (nSPS) is 17.5. The zero-order valence-electron chi connectivity index (χ0n) is 12.5. The van der Waals surface area contributed by atoms with Crippen molar-refractivity contribution in [2.75, 3.05) is 32.4 Å². The number of hydrogen-bond acceptors (Lipinski definition) is 5. The Morgan fingerprint density at radius 2 is 2.19 bits per heavy atom. The van der Waals surface area contributed by atoms with Crippen LogP contribution in [0.15, 0.2) is 18.2 Å². The second kappa shape index (κ2) is 8.14. The van der Waals surface area contributed by atoms with Crippen molar-refractivity contribution in [2.45, 2.75) is 18.9 Å². The maximum absolute atomic E-state index is 11.8. The molecule has 2 rings (SSSR count). The van der Waals surface area contributed by atoms with E-state index in [2.05, 4.69) is 10.6 Å². The van der Waals surface area contributed by atoms with Gasteiger partial charge in [-0.2, -0.15) is 0 Å². The van der Waals surface area contributed by atoms with Crippen LogP contribution in [-0.2, 0) is 11.2 Å². The zero-order valence-corrected chi connectivity index (χ0v) is 13.3. The van der Waals surface area contributed by atoms with Crippen LogP contribution in [0.25, 0.3) is 0 Å². The number of rotatable bonds is 7. The molecule has 1 aromatic carbocycles.